The minimum Gasteiger partial charge on any atom is -0.346 e. The Morgan fingerprint density at radius 3 is 2.96 bits per heavy atom. The van der Waals surface area contributed by atoms with Gasteiger partial charge in [-0.05, 0) is 62.8 Å². The van der Waals surface area contributed by atoms with Crippen molar-refractivity contribution in [1.82, 2.24) is 25.0 Å². The number of carbonyl (C=O) groups excluding carboxylic acids is 1. The van der Waals surface area contributed by atoms with E-state index in [1.54, 1.807) is 6.20 Å². The zero-order valence-electron chi connectivity index (χ0n) is 16.2. The van der Waals surface area contributed by atoms with Crippen LogP contribution in [-0.4, -0.2) is 38.7 Å². The number of amides is 1. The van der Waals surface area contributed by atoms with Crippen LogP contribution in [0.4, 0.5) is 0 Å². The Balaban J connectivity index is 1.39. The van der Waals surface area contributed by atoms with Crippen molar-refractivity contribution < 1.29 is 4.79 Å². The van der Waals surface area contributed by atoms with Gasteiger partial charge in [0.15, 0.2) is 0 Å². The van der Waals surface area contributed by atoms with Crippen LogP contribution >= 0.6 is 0 Å². The molecule has 0 spiro atoms. The van der Waals surface area contributed by atoms with E-state index in [4.69, 9.17) is 5.10 Å². The van der Waals surface area contributed by atoms with E-state index in [1.807, 2.05) is 6.07 Å². The van der Waals surface area contributed by atoms with Crippen LogP contribution in [0.15, 0.2) is 18.3 Å². The average Bonchev–Trinajstić information content (AvgIpc) is 2.97. The Bertz CT molecular complexity index is 813. The third-order valence-electron chi connectivity index (χ3n) is 5.55. The van der Waals surface area contributed by atoms with Crippen LogP contribution in [-0.2, 0) is 32.5 Å². The van der Waals surface area contributed by atoms with Gasteiger partial charge in [-0.1, -0.05) is 6.92 Å². The quantitative estimate of drug-likeness (QED) is 0.883. The summed E-state index contributed by atoms with van der Waals surface area (Å²) in [6, 6.07) is 4.15. The zero-order chi connectivity index (χ0) is 18.6. The van der Waals surface area contributed by atoms with E-state index in [1.165, 1.54) is 30.5 Å². The molecule has 2 aromatic heterocycles. The third-order valence-corrected chi connectivity index (χ3v) is 5.55. The zero-order valence-corrected chi connectivity index (χ0v) is 16.2. The fourth-order valence-electron chi connectivity index (χ4n) is 4.17. The summed E-state index contributed by atoms with van der Waals surface area (Å²) in [5, 5.41) is 7.72. The highest BCUT2D eigenvalue weighted by molar-refractivity contribution is 5.94. The maximum Gasteiger partial charge on any atom is 0.253 e. The maximum atomic E-state index is 12.5. The molecule has 0 atom stereocenters. The summed E-state index contributed by atoms with van der Waals surface area (Å²) in [7, 11) is 0. The molecule has 0 aromatic carbocycles. The van der Waals surface area contributed by atoms with Gasteiger partial charge in [0, 0.05) is 31.5 Å². The maximum absolute atomic E-state index is 12.5. The normalized spacial score (nSPS) is 17.1. The molecule has 1 N–H and O–H groups in total. The summed E-state index contributed by atoms with van der Waals surface area (Å²) < 4.78 is 2.11. The largest absolute Gasteiger partial charge is 0.346 e. The lowest BCUT2D eigenvalue weighted by molar-refractivity contribution is 0.0950. The Kier molecular flexibility index (Phi) is 5.53. The second-order valence-electron chi connectivity index (χ2n) is 7.70. The molecule has 27 heavy (non-hydrogen) atoms. The van der Waals surface area contributed by atoms with Gasteiger partial charge in [0.1, 0.15) is 0 Å². The summed E-state index contributed by atoms with van der Waals surface area (Å²) in [4.78, 5) is 19.5. The summed E-state index contributed by atoms with van der Waals surface area (Å²) in [6.07, 6.45) is 8.47. The van der Waals surface area contributed by atoms with E-state index in [9.17, 15) is 4.79 Å². The molecule has 6 nitrogen and oxygen atoms in total. The van der Waals surface area contributed by atoms with Crippen LogP contribution in [0.5, 0.6) is 0 Å². The molecule has 2 aliphatic rings. The van der Waals surface area contributed by atoms with Gasteiger partial charge in [-0.15, -0.1) is 0 Å². The average molecular weight is 367 g/mol. The van der Waals surface area contributed by atoms with Gasteiger partial charge in [0.05, 0.1) is 23.5 Å². The van der Waals surface area contributed by atoms with E-state index in [0.717, 1.165) is 56.8 Å². The number of hydrogen-bond donors (Lipinski definition) is 1. The summed E-state index contributed by atoms with van der Waals surface area (Å²) >= 11 is 0. The van der Waals surface area contributed by atoms with Crippen molar-refractivity contribution in [3.05, 3.63) is 46.5 Å². The van der Waals surface area contributed by atoms with E-state index in [-0.39, 0.29) is 5.91 Å². The molecule has 0 bridgehead atoms. The number of pyridine rings is 1. The molecule has 2 aromatic rings. The fourth-order valence-corrected chi connectivity index (χ4v) is 4.17. The molecule has 0 fully saturated rings. The lowest BCUT2D eigenvalue weighted by Gasteiger charge is -2.17. The van der Waals surface area contributed by atoms with Gasteiger partial charge < -0.3 is 5.32 Å². The van der Waals surface area contributed by atoms with Crippen LogP contribution in [0.2, 0.25) is 0 Å². The minimum absolute atomic E-state index is 0.0633. The first-order chi connectivity index (χ1) is 13.2. The smallest absolute Gasteiger partial charge is 0.253 e. The van der Waals surface area contributed by atoms with Crippen molar-refractivity contribution in [3.8, 4) is 0 Å². The van der Waals surface area contributed by atoms with Crippen molar-refractivity contribution in [3.63, 3.8) is 0 Å². The van der Waals surface area contributed by atoms with Crippen LogP contribution < -0.4 is 5.32 Å². The molecule has 0 saturated heterocycles. The Morgan fingerprint density at radius 2 is 2.07 bits per heavy atom. The van der Waals surface area contributed by atoms with Gasteiger partial charge >= 0.3 is 0 Å². The van der Waals surface area contributed by atoms with Gasteiger partial charge in [0.2, 0.25) is 0 Å². The number of aromatic nitrogens is 3. The number of rotatable bonds is 5. The second kappa shape index (κ2) is 8.21. The van der Waals surface area contributed by atoms with Gasteiger partial charge in [-0.3, -0.25) is 19.4 Å². The summed E-state index contributed by atoms with van der Waals surface area (Å²) in [5.41, 5.74) is 5.24. The standard InChI is InChI=1S/C21H29N5O/c1-2-8-25-9-5-10-26-19(15-25)12-18(24-26)14-23-21(27)17-11-16-6-3-4-7-20(16)22-13-17/h11-13H,2-10,14-15H2,1H3,(H,23,27). The molecule has 6 heteroatoms. The van der Waals surface area contributed by atoms with Crippen molar-refractivity contribution in [2.45, 2.75) is 65.1 Å². The number of aryl methyl sites for hydroxylation is 3. The molecule has 0 saturated carbocycles. The number of hydrogen-bond acceptors (Lipinski definition) is 4. The highest BCUT2D eigenvalue weighted by Gasteiger charge is 2.17. The minimum atomic E-state index is -0.0633. The predicted molar refractivity (Wildman–Crippen MR) is 104 cm³/mol. The van der Waals surface area contributed by atoms with Crippen molar-refractivity contribution >= 4 is 5.91 Å². The Morgan fingerprint density at radius 1 is 1.19 bits per heavy atom. The molecule has 1 aliphatic carbocycles. The van der Waals surface area contributed by atoms with Crippen LogP contribution in [0.25, 0.3) is 0 Å². The third kappa shape index (κ3) is 4.21. The fraction of sp³-hybridized carbons (Fsp3) is 0.571. The van der Waals surface area contributed by atoms with Gasteiger partial charge in [-0.2, -0.15) is 5.10 Å². The topological polar surface area (TPSA) is 63.1 Å². The Labute approximate surface area is 161 Å². The van der Waals surface area contributed by atoms with Crippen LogP contribution in [0.3, 0.4) is 0 Å². The predicted octanol–water partition coefficient (Wildman–Crippen LogP) is 2.70. The molecular weight excluding hydrogens is 338 g/mol. The lowest BCUT2D eigenvalue weighted by Crippen LogP contribution is -2.24. The first kappa shape index (κ1) is 18.2. The van der Waals surface area contributed by atoms with Gasteiger partial charge in [0.25, 0.3) is 5.91 Å². The van der Waals surface area contributed by atoms with Crippen molar-refractivity contribution in [2.75, 3.05) is 13.1 Å². The van der Waals surface area contributed by atoms with E-state index < -0.39 is 0 Å². The highest BCUT2D eigenvalue weighted by Crippen LogP contribution is 2.20. The highest BCUT2D eigenvalue weighted by atomic mass is 16.1. The molecular formula is C21H29N5O. The lowest BCUT2D eigenvalue weighted by atomic mass is 9.95. The molecule has 0 unspecified atom stereocenters. The monoisotopic (exact) mass is 367 g/mol. The number of carbonyl (C=O) groups is 1. The Hall–Kier alpha value is -2.21. The first-order valence-corrected chi connectivity index (χ1v) is 10.3. The van der Waals surface area contributed by atoms with Gasteiger partial charge in [-0.25, -0.2) is 0 Å². The van der Waals surface area contributed by atoms with Crippen LogP contribution in [0.1, 0.15) is 65.6 Å². The molecule has 4 rings (SSSR count). The second-order valence-corrected chi connectivity index (χ2v) is 7.70. The van der Waals surface area contributed by atoms with E-state index in [2.05, 4.69) is 32.9 Å². The van der Waals surface area contributed by atoms with E-state index >= 15 is 0 Å². The van der Waals surface area contributed by atoms with E-state index in [0.29, 0.717) is 12.1 Å². The molecule has 144 valence electrons. The molecule has 1 amide bonds. The molecule has 0 radical (unpaired) electrons. The number of nitrogens with zero attached hydrogens (tertiary/aromatic N) is 4. The molecule has 1 aliphatic heterocycles. The summed E-state index contributed by atoms with van der Waals surface area (Å²) in [5.74, 6) is -0.0633. The SMILES string of the molecule is CCCN1CCCn2nc(CNC(=O)c3cnc4c(c3)CCCC4)cc2C1. The first-order valence-electron chi connectivity index (χ1n) is 10.3. The number of nitrogens with one attached hydrogen (secondary N) is 1. The van der Waals surface area contributed by atoms with Crippen molar-refractivity contribution in [1.29, 1.82) is 0 Å². The molecule has 3 heterocycles. The number of fused-ring (bicyclic) bond motifs is 2. The summed E-state index contributed by atoms with van der Waals surface area (Å²) in [6.45, 7) is 6.85. The van der Waals surface area contributed by atoms with Crippen LogP contribution in [0, 0.1) is 0 Å². The van der Waals surface area contributed by atoms with Crippen molar-refractivity contribution in [2.24, 2.45) is 0 Å².